The Balaban J connectivity index is 2.12. The SMILES string of the molecule is COC(=O)c1cc(COC(N)=O)c2cc(Cc3ccc(F)cc3)cnc2c1OC. The molecule has 150 valence electrons. The van der Waals surface area contributed by atoms with Crippen LogP contribution < -0.4 is 10.5 Å². The molecule has 0 atom stereocenters. The molecule has 0 aliphatic carbocycles. The highest BCUT2D eigenvalue weighted by Gasteiger charge is 2.21. The standard InChI is InChI=1S/C21H19FN2O5/c1-27-19-17(20(25)28-2)9-14(11-29-21(23)26)16-8-13(10-24-18(16)19)7-12-3-5-15(22)6-4-12/h3-6,8-10H,7,11H2,1-2H3,(H2,23,26). The van der Waals surface area contributed by atoms with Crippen molar-refractivity contribution in [2.75, 3.05) is 14.2 Å². The molecule has 1 heterocycles. The predicted molar refractivity (Wildman–Crippen MR) is 103 cm³/mol. The molecule has 0 radical (unpaired) electrons. The lowest BCUT2D eigenvalue weighted by atomic mass is 9.99. The van der Waals surface area contributed by atoms with Crippen molar-refractivity contribution in [1.82, 2.24) is 4.98 Å². The lowest BCUT2D eigenvalue weighted by Gasteiger charge is -2.15. The number of hydrogen-bond donors (Lipinski definition) is 1. The summed E-state index contributed by atoms with van der Waals surface area (Å²) in [6.45, 7) is -0.151. The summed E-state index contributed by atoms with van der Waals surface area (Å²) in [4.78, 5) is 27.7. The number of esters is 1. The van der Waals surface area contributed by atoms with E-state index in [1.54, 1.807) is 18.3 Å². The van der Waals surface area contributed by atoms with Crippen LogP contribution >= 0.6 is 0 Å². The van der Waals surface area contributed by atoms with Crippen LogP contribution in [0.4, 0.5) is 9.18 Å². The van der Waals surface area contributed by atoms with E-state index in [-0.39, 0.29) is 23.7 Å². The Morgan fingerprint density at radius 2 is 1.83 bits per heavy atom. The second-order valence-corrected chi connectivity index (χ2v) is 6.26. The molecule has 3 aromatic rings. The van der Waals surface area contributed by atoms with Crippen molar-refractivity contribution < 1.29 is 28.2 Å². The first kappa shape index (κ1) is 20.1. The minimum Gasteiger partial charge on any atom is -0.494 e. The summed E-state index contributed by atoms with van der Waals surface area (Å²) in [5, 5.41) is 0.635. The third-order valence-corrected chi connectivity index (χ3v) is 4.37. The van der Waals surface area contributed by atoms with Crippen LogP contribution in [-0.2, 0) is 22.5 Å². The second kappa shape index (κ2) is 8.55. The molecule has 0 saturated heterocycles. The minimum absolute atomic E-state index is 0.151. The molecule has 8 heteroatoms. The molecule has 3 rings (SSSR count). The number of benzene rings is 2. The maximum atomic E-state index is 13.1. The monoisotopic (exact) mass is 398 g/mol. The number of pyridine rings is 1. The smallest absolute Gasteiger partial charge is 0.404 e. The number of halogens is 1. The molecule has 1 amide bonds. The number of hydrogen-bond acceptors (Lipinski definition) is 6. The average Bonchev–Trinajstić information content (AvgIpc) is 2.72. The van der Waals surface area contributed by atoms with Crippen LogP contribution in [0.15, 0.2) is 42.6 Å². The molecule has 7 nitrogen and oxygen atoms in total. The first-order valence-corrected chi connectivity index (χ1v) is 8.66. The molecular formula is C21H19FN2O5. The van der Waals surface area contributed by atoms with E-state index < -0.39 is 12.1 Å². The van der Waals surface area contributed by atoms with Crippen molar-refractivity contribution in [3.63, 3.8) is 0 Å². The normalized spacial score (nSPS) is 10.6. The number of primary amides is 1. The first-order chi connectivity index (χ1) is 13.9. The molecular weight excluding hydrogens is 379 g/mol. The Morgan fingerprint density at radius 3 is 2.45 bits per heavy atom. The van der Waals surface area contributed by atoms with Crippen molar-refractivity contribution in [1.29, 1.82) is 0 Å². The maximum Gasteiger partial charge on any atom is 0.404 e. The summed E-state index contributed by atoms with van der Waals surface area (Å²) in [6.07, 6.45) is 1.22. The highest BCUT2D eigenvalue weighted by atomic mass is 19.1. The average molecular weight is 398 g/mol. The zero-order valence-electron chi connectivity index (χ0n) is 15.9. The van der Waals surface area contributed by atoms with Gasteiger partial charge in [0.25, 0.3) is 0 Å². The Hall–Kier alpha value is -3.68. The van der Waals surface area contributed by atoms with Crippen LogP contribution in [0.3, 0.4) is 0 Å². The van der Waals surface area contributed by atoms with Crippen molar-refractivity contribution in [2.45, 2.75) is 13.0 Å². The van der Waals surface area contributed by atoms with Gasteiger partial charge < -0.3 is 19.9 Å². The van der Waals surface area contributed by atoms with Gasteiger partial charge in [-0.3, -0.25) is 4.98 Å². The summed E-state index contributed by atoms with van der Waals surface area (Å²) in [5.41, 5.74) is 7.93. The lowest BCUT2D eigenvalue weighted by molar-refractivity contribution is 0.0597. The Kier molecular flexibility index (Phi) is 5.92. The van der Waals surface area contributed by atoms with E-state index in [9.17, 15) is 14.0 Å². The molecule has 0 unspecified atom stereocenters. The number of fused-ring (bicyclic) bond motifs is 1. The van der Waals surface area contributed by atoms with Gasteiger partial charge in [-0.2, -0.15) is 0 Å². The Bertz CT molecular complexity index is 1070. The zero-order valence-corrected chi connectivity index (χ0v) is 15.9. The summed E-state index contributed by atoms with van der Waals surface area (Å²) < 4.78 is 28.3. The molecule has 0 fully saturated rings. The second-order valence-electron chi connectivity index (χ2n) is 6.26. The van der Waals surface area contributed by atoms with E-state index in [0.717, 1.165) is 11.1 Å². The summed E-state index contributed by atoms with van der Waals surface area (Å²) in [5.74, 6) is -0.666. The molecule has 29 heavy (non-hydrogen) atoms. The molecule has 1 aromatic heterocycles. The van der Waals surface area contributed by atoms with Crippen LogP contribution in [0.2, 0.25) is 0 Å². The van der Waals surface area contributed by atoms with E-state index in [4.69, 9.17) is 19.9 Å². The van der Waals surface area contributed by atoms with E-state index in [2.05, 4.69) is 4.98 Å². The molecule has 0 spiro atoms. The summed E-state index contributed by atoms with van der Waals surface area (Å²) in [6, 6.07) is 9.55. The molecule has 0 aliphatic heterocycles. The van der Waals surface area contributed by atoms with Gasteiger partial charge in [-0.25, -0.2) is 14.0 Å². The highest BCUT2D eigenvalue weighted by molar-refractivity contribution is 6.01. The van der Waals surface area contributed by atoms with Crippen molar-refractivity contribution >= 4 is 23.0 Å². The van der Waals surface area contributed by atoms with Gasteiger partial charge in [0, 0.05) is 11.6 Å². The molecule has 0 bridgehead atoms. The topological polar surface area (TPSA) is 101 Å². The quantitative estimate of drug-likeness (QED) is 0.639. The zero-order chi connectivity index (χ0) is 21.0. The van der Waals surface area contributed by atoms with E-state index in [1.165, 1.54) is 32.4 Å². The highest BCUT2D eigenvalue weighted by Crippen LogP contribution is 2.33. The number of methoxy groups -OCH3 is 2. The van der Waals surface area contributed by atoms with Crippen molar-refractivity contribution in [3.8, 4) is 5.75 Å². The van der Waals surface area contributed by atoms with Crippen molar-refractivity contribution in [2.24, 2.45) is 5.73 Å². The van der Waals surface area contributed by atoms with Crippen LogP contribution in [-0.4, -0.2) is 31.3 Å². The molecule has 0 saturated carbocycles. The number of amides is 1. The summed E-state index contributed by atoms with van der Waals surface area (Å²) in [7, 11) is 2.68. The molecule has 2 aromatic carbocycles. The molecule has 0 aliphatic rings. The summed E-state index contributed by atoms with van der Waals surface area (Å²) >= 11 is 0. The van der Waals surface area contributed by atoms with E-state index >= 15 is 0 Å². The largest absolute Gasteiger partial charge is 0.494 e. The number of carbonyl (C=O) groups is 2. The van der Waals surface area contributed by atoms with Gasteiger partial charge in [0.1, 0.15) is 23.5 Å². The first-order valence-electron chi connectivity index (χ1n) is 8.66. The van der Waals surface area contributed by atoms with Gasteiger partial charge in [-0.15, -0.1) is 0 Å². The van der Waals surface area contributed by atoms with Crippen LogP contribution in [0, 0.1) is 5.82 Å². The number of aromatic nitrogens is 1. The van der Waals surface area contributed by atoms with Crippen molar-refractivity contribution in [3.05, 3.63) is 70.7 Å². The number of nitrogens with two attached hydrogens (primary N) is 1. The number of nitrogens with zero attached hydrogens (tertiary/aromatic N) is 1. The van der Waals surface area contributed by atoms with Crippen LogP contribution in [0.25, 0.3) is 10.9 Å². The van der Waals surface area contributed by atoms with E-state index in [1.807, 2.05) is 6.07 Å². The number of carbonyl (C=O) groups excluding carboxylic acids is 2. The van der Waals surface area contributed by atoms with Crippen LogP contribution in [0.1, 0.15) is 27.0 Å². The van der Waals surface area contributed by atoms with E-state index in [0.29, 0.717) is 22.9 Å². The number of ether oxygens (including phenoxy) is 3. The molecule has 2 N–H and O–H groups in total. The Morgan fingerprint density at radius 1 is 1.10 bits per heavy atom. The van der Waals surface area contributed by atoms with Gasteiger partial charge in [0.15, 0.2) is 5.75 Å². The third-order valence-electron chi connectivity index (χ3n) is 4.37. The van der Waals surface area contributed by atoms with Gasteiger partial charge in [-0.05, 0) is 47.4 Å². The van der Waals surface area contributed by atoms with Gasteiger partial charge >= 0.3 is 12.1 Å². The minimum atomic E-state index is -0.941. The fourth-order valence-corrected chi connectivity index (χ4v) is 3.05. The van der Waals surface area contributed by atoms with Gasteiger partial charge in [0.05, 0.1) is 14.2 Å². The lowest BCUT2D eigenvalue weighted by Crippen LogP contribution is -2.14. The van der Waals surface area contributed by atoms with Crippen LogP contribution in [0.5, 0.6) is 5.75 Å². The van der Waals surface area contributed by atoms with Gasteiger partial charge in [-0.1, -0.05) is 12.1 Å². The predicted octanol–water partition coefficient (Wildman–Crippen LogP) is 3.36. The van der Waals surface area contributed by atoms with Gasteiger partial charge in [0.2, 0.25) is 0 Å². The Labute approximate surface area is 166 Å². The fraction of sp³-hybridized carbons (Fsp3) is 0.190. The maximum absolute atomic E-state index is 13.1. The fourth-order valence-electron chi connectivity index (χ4n) is 3.05. The number of rotatable bonds is 6. The third kappa shape index (κ3) is 4.43.